The lowest BCUT2D eigenvalue weighted by Crippen LogP contribution is -2.35. The second kappa shape index (κ2) is 6.00. The van der Waals surface area contributed by atoms with E-state index in [0.29, 0.717) is 12.6 Å². The Kier molecular flexibility index (Phi) is 4.10. The Balaban J connectivity index is 1.82. The molecule has 2 aromatic rings. The van der Waals surface area contributed by atoms with Crippen molar-refractivity contribution in [2.24, 2.45) is 5.73 Å². The number of rotatable bonds is 6. The molecule has 3 rings (SSSR count). The van der Waals surface area contributed by atoms with E-state index in [1.54, 1.807) is 6.26 Å². The zero-order valence-electron chi connectivity index (χ0n) is 11.3. The topological polar surface area (TPSA) is 42.4 Å². The third kappa shape index (κ3) is 3.06. The standard InChI is InChI=1S/C16H19ClN2O/c17-13-5-3-12(4-6-13)16(10-18)19(14-7-8-14)11-15-2-1-9-20-15/h1-6,9,14,16H,7-8,10-11,18H2. The normalized spacial score (nSPS) is 16.6. The number of hydrogen-bond acceptors (Lipinski definition) is 3. The molecule has 20 heavy (non-hydrogen) atoms. The van der Waals surface area contributed by atoms with Crippen LogP contribution in [0.4, 0.5) is 0 Å². The summed E-state index contributed by atoms with van der Waals surface area (Å²) in [5.41, 5.74) is 7.25. The molecule has 0 aliphatic heterocycles. The second-order valence-electron chi connectivity index (χ2n) is 5.29. The second-order valence-corrected chi connectivity index (χ2v) is 5.72. The fraction of sp³-hybridized carbons (Fsp3) is 0.375. The van der Waals surface area contributed by atoms with Crippen LogP contribution < -0.4 is 5.73 Å². The Morgan fingerprint density at radius 2 is 2.00 bits per heavy atom. The first-order valence-electron chi connectivity index (χ1n) is 7.01. The number of furan rings is 1. The fourth-order valence-corrected chi connectivity index (χ4v) is 2.76. The quantitative estimate of drug-likeness (QED) is 0.884. The number of nitrogens with two attached hydrogens (primary N) is 1. The molecule has 4 heteroatoms. The minimum atomic E-state index is 0.213. The Bertz CT molecular complexity index is 534. The molecule has 1 aromatic carbocycles. The highest BCUT2D eigenvalue weighted by Crippen LogP contribution is 2.35. The highest BCUT2D eigenvalue weighted by atomic mass is 35.5. The van der Waals surface area contributed by atoms with Gasteiger partial charge in [0.1, 0.15) is 5.76 Å². The van der Waals surface area contributed by atoms with Crippen LogP contribution in [-0.4, -0.2) is 17.5 Å². The molecule has 1 fully saturated rings. The largest absolute Gasteiger partial charge is 0.468 e. The first-order valence-corrected chi connectivity index (χ1v) is 7.39. The first-order chi connectivity index (χ1) is 9.78. The number of halogens is 1. The lowest BCUT2D eigenvalue weighted by atomic mass is 10.0. The molecule has 0 amide bonds. The van der Waals surface area contributed by atoms with Crippen LogP contribution in [0.1, 0.15) is 30.2 Å². The lowest BCUT2D eigenvalue weighted by molar-refractivity contribution is 0.168. The zero-order chi connectivity index (χ0) is 13.9. The zero-order valence-corrected chi connectivity index (χ0v) is 12.1. The number of nitrogens with zero attached hydrogens (tertiary/aromatic N) is 1. The lowest BCUT2D eigenvalue weighted by Gasteiger charge is -2.30. The SMILES string of the molecule is NCC(c1ccc(Cl)cc1)N(Cc1ccco1)C1CC1. The molecule has 0 saturated heterocycles. The van der Waals surface area contributed by atoms with Crippen LogP contribution in [0.5, 0.6) is 0 Å². The van der Waals surface area contributed by atoms with Crippen molar-refractivity contribution in [2.45, 2.75) is 31.5 Å². The number of benzene rings is 1. The van der Waals surface area contributed by atoms with Crippen molar-refractivity contribution in [1.29, 1.82) is 0 Å². The molecule has 1 aromatic heterocycles. The highest BCUT2D eigenvalue weighted by Gasteiger charge is 2.34. The van der Waals surface area contributed by atoms with Crippen molar-refractivity contribution in [3.8, 4) is 0 Å². The summed E-state index contributed by atoms with van der Waals surface area (Å²) in [7, 11) is 0. The van der Waals surface area contributed by atoms with Crippen LogP contribution in [0, 0.1) is 0 Å². The summed E-state index contributed by atoms with van der Waals surface area (Å²) in [4.78, 5) is 2.45. The smallest absolute Gasteiger partial charge is 0.117 e. The van der Waals surface area contributed by atoms with Gasteiger partial charge in [-0.1, -0.05) is 23.7 Å². The molecule has 1 unspecified atom stereocenters. The summed E-state index contributed by atoms with van der Waals surface area (Å²) in [5, 5.41) is 0.758. The van der Waals surface area contributed by atoms with Crippen LogP contribution in [0.25, 0.3) is 0 Å². The maximum atomic E-state index is 6.03. The third-order valence-electron chi connectivity index (χ3n) is 3.81. The average molecular weight is 291 g/mol. The van der Waals surface area contributed by atoms with Gasteiger partial charge in [-0.2, -0.15) is 0 Å². The van der Waals surface area contributed by atoms with Crippen LogP contribution in [0.2, 0.25) is 5.02 Å². The van der Waals surface area contributed by atoms with E-state index in [-0.39, 0.29) is 6.04 Å². The van der Waals surface area contributed by atoms with Crippen molar-refractivity contribution in [1.82, 2.24) is 4.90 Å². The van der Waals surface area contributed by atoms with E-state index < -0.39 is 0 Å². The Hall–Kier alpha value is -1.29. The summed E-state index contributed by atoms with van der Waals surface area (Å²) in [5.74, 6) is 0.990. The van der Waals surface area contributed by atoms with Gasteiger partial charge in [-0.05, 0) is 42.7 Å². The monoisotopic (exact) mass is 290 g/mol. The summed E-state index contributed by atoms with van der Waals surface area (Å²) in [6.07, 6.45) is 4.20. The molecular formula is C16H19ClN2O. The van der Waals surface area contributed by atoms with Crippen LogP contribution >= 0.6 is 11.6 Å². The molecule has 1 saturated carbocycles. The van der Waals surface area contributed by atoms with Crippen molar-refractivity contribution in [2.75, 3.05) is 6.54 Å². The van der Waals surface area contributed by atoms with Gasteiger partial charge >= 0.3 is 0 Å². The molecule has 1 aliphatic rings. The predicted molar refractivity (Wildman–Crippen MR) is 80.5 cm³/mol. The van der Waals surface area contributed by atoms with E-state index in [1.807, 2.05) is 24.3 Å². The minimum absolute atomic E-state index is 0.213. The fourth-order valence-electron chi connectivity index (χ4n) is 2.63. The van der Waals surface area contributed by atoms with E-state index in [2.05, 4.69) is 17.0 Å². The van der Waals surface area contributed by atoms with Crippen LogP contribution in [0.15, 0.2) is 47.1 Å². The summed E-state index contributed by atoms with van der Waals surface area (Å²) in [6, 6.07) is 12.8. The van der Waals surface area contributed by atoms with Gasteiger partial charge in [0.15, 0.2) is 0 Å². The van der Waals surface area contributed by atoms with Gasteiger partial charge in [-0.15, -0.1) is 0 Å². The molecule has 0 radical (unpaired) electrons. The molecule has 106 valence electrons. The molecule has 0 spiro atoms. The van der Waals surface area contributed by atoms with E-state index in [0.717, 1.165) is 17.3 Å². The summed E-state index contributed by atoms with van der Waals surface area (Å²) >= 11 is 5.97. The van der Waals surface area contributed by atoms with E-state index in [9.17, 15) is 0 Å². The van der Waals surface area contributed by atoms with Crippen LogP contribution in [0.3, 0.4) is 0 Å². The minimum Gasteiger partial charge on any atom is -0.468 e. The molecule has 1 atom stereocenters. The van der Waals surface area contributed by atoms with Crippen LogP contribution in [-0.2, 0) is 6.54 Å². The molecular weight excluding hydrogens is 272 g/mol. The van der Waals surface area contributed by atoms with Gasteiger partial charge in [0, 0.05) is 23.7 Å². The molecule has 0 bridgehead atoms. The maximum Gasteiger partial charge on any atom is 0.117 e. The van der Waals surface area contributed by atoms with E-state index in [4.69, 9.17) is 21.8 Å². The predicted octanol–water partition coefficient (Wildman–Crippen LogP) is 3.60. The van der Waals surface area contributed by atoms with Gasteiger partial charge in [0.25, 0.3) is 0 Å². The Morgan fingerprint density at radius 3 is 2.55 bits per heavy atom. The number of hydrogen-bond donors (Lipinski definition) is 1. The highest BCUT2D eigenvalue weighted by molar-refractivity contribution is 6.30. The van der Waals surface area contributed by atoms with Gasteiger partial charge < -0.3 is 10.2 Å². The van der Waals surface area contributed by atoms with Crippen molar-refractivity contribution < 1.29 is 4.42 Å². The average Bonchev–Trinajstić information content (AvgIpc) is 3.18. The Labute approximate surface area is 124 Å². The summed E-state index contributed by atoms with van der Waals surface area (Å²) in [6.45, 7) is 1.40. The molecule has 2 N–H and O–H groups in total. The molecule has 3 nitrogen and oxygen atoms in total. The van der Waals surface area contributed by atoms with Gasteiger partial charge in [0.2, 0.25) is 0 Å². The first kappa shape index (κ1) is 13.7. The van der Waals surface area contributed by atoms with Gasteiger partial charge in [-0.25, -0.2) is 0 Å². The maximum absolute atomic E-state index is 6.03. The van der Waals surface area contributed by atoms with E-state index in [1.165, 1.54) is 18.4 Å². The molecule has 1 aliphatic carbocycles. The Morgan fingerprint density at radius 1 is 1.25 bits per heavy atom. The third-order valence-corrected chi connectivity index (χ3v) is 4.06. The summed E-state index contributed by atoms with van der Waals surface area (Å²) < 4.78 is 5.49. The van der Waals surface area contributed by atoms with Crippen molar-refractivity contribution in [3.05, 3.63) is 59.0 Å². The van der Waals surface area contributed by atoms with Gasteiger partial charge in [-0.3, -0.25) is 4.90 Å². The van der Waals surface area contributed by atoms with Gasteiger partial charge in [0.05, 0.1) is 12.8 Å². The molecule has 1 heterocycles. The van der Waals surface area contributed by atoms with Crippen molar-refractivity contribution in [3.63, 3.8) is 0 Å². The van der Waals surface area contributed by atoms with Crippen molar-refractivity contribution >= 4 is 11.6 Å². The van der Waals surface area contributed by atoms with E-state index >= 15 is 0 Å².